The van der Waals surface area contributed by atoms with Crippen LogP contribution in [0.4, 0.5) is 0 Å². The Labute approximate surface area is 158 Å². The maximum Gasteiger partial charge on any atom is 0.345 e. The number of hydrogen-bond acceptors (Lipinski definition) is 4. The van der Waals surface area contributed by atoms with Crippen LogP contribution in [0.15, 0.2) is 29.1 Å². The quantitative estimate of drug-likeness (QED) is 0.822. The SMILES string of the molecule is Cc1ccc(OC2CCN(C(=O)C3CCc4nn(C)c(=O)n4C3)CC2)cc1. The van der Waals surface area contributed by atoms with Gasteiger partial charge in [0, 0.05) is 45.9 Å². The van der Waals surface area contributed by atoms with E-state index < -0.39 is 0 Å². The fraction of sp³-hybridized carbons (Fsp3) is 0.550. The van der Waals surface area contributed by atoms with Crippen LogP contribution >= 0.6 is 0 Å². The number of piperidine rings is 1. The number of likely N-dealkylation sites (tertiary alicyclic amines) is 1. The molecule has 4 rings (SSSR count). The Bertz CT molecular complexity index is 876. The van der Waals surface area contributed by atoms with Crippen LogP contribution in [0, 0.1) is 12.8 Å². The zero-order chi connectivity index (χ0) is 19.0. The van der Waals surface area contributed by atoms with Crippen molar-refractivity contribution >= 4 is 5.91 Å². The predicted molar refractivity (Wildman–Crippen MR) is 101 cm³/mol. The summed E-state index contributed by atoms with van der Waals surface area (Å²) in [7, 11) is 1.66. The maximum atomic E-state index is 12.9. The van der Waals surface area contributed by atoms with E-state index in [1.807, 2.05) is 29.2 Å². The van der Waals surface area contributed by atoms with Gasteiger partial charge in [0.05, 0.1) is 5.92 Å². The van der Waals surface area contributed by atoms with Crippen molar-refractivity contribution in [1.82, 2.24) is 19.2 Å². The highest BCUT2D eigenvalue weighted by atomic mass is 16.5. The molecule has 1 aromatic carbocycles. The molecule has 1 fully saturated rings. The molecule has 3 heterocycles. The van der Waals surface area contributed by atoms with E-state index in [0.717, 1.165) is 30.8 Å². The smallest absolute Gasteiger partial charge is 0.345 e. The van der Waals surface area contributed by atoms with Gasteiger partial charge in [-0.05, 0) is 25.5 Å². The van der Waals surface area contributed by atoms with Gasteiger partial charge in [0.15, 0.2) is 0 Å². The third-order valence-electron chi connectivity index (χ3n) is 5.63. The van der Waals surface area contributed by atoms with Crippen LogP contribution in [0.5, 0.6) is 5.75 Å². The van der Waals surface area contributed by atoms with Crippen molar-refractivity contribution in [2.24, 2.45) is 13.0 Å². The predicted octanol–water partition coefficient (Wildman–Crippen LogP) is 1.52. The van der Waals surface area contributed by atoms with Crippen LogP contribution in [0.1, 0.15) is 30.7 Å². The van der Waals surface area contributed by atoms with Gasteiger partial charge in [-0.3, -0.25) is 9.36 Å². The monoisotopic (exact) mass is 370 g/mol. The first kappa shape index (κ1) is 17.8. The van der Waals surface area contributed by atoms with Crippen molar-refractivity contribution in [2.45, 2.75) is 45.3 Å². The molecule has 144 valence electrons. The van der Waals surface area contributed by atoms with E-state index in [2.05, 4.69) is 12.0 Å². The molecule has 0 spiro atoms. The molecular formula is C20H26N4O3. The van der Waals surface area contributed by atoms with Crippen molar-refractivity contribution in [3.8, 4) is 5.75 Å². The van der Waals surface area contributed by atoms with Crippen LogP contribution in [0.2, 0.25) is 0 Å². The van der Waals surface area contributed by atoms with Gasteiger partial charge in [-0.1, -0.05) is 17.7 Å². The topological polar surface area (TPSA) is 69.4 Å². The first-order valence-electron chi connectivity index (χ1n) is 9.66. The summed E-state index contributed by atoms with van der Waals surface area (Å²) in [5.41, 5.74) is 1.08. The molecule has 2 aliphatic heterocycles. The molecule has 7 heteroatoms. The highest BCUT2D eigenvalue weighted by Crippen LogP contribution is 2.23. The van der Waals surface area contributed by atoms with Crippen molar-refractivity contribution in [3.05, 3.63) is 46.1 Å². The highest BCUT2D eigenvalue weighted by molar-refractivity contribution is 5.79. The van der Waals surface area contributed by atoms with Gasteiger partial charge < -0.3 is 9.64 Å². The lowest BCUT2D eigenvalue weighted by Crippen LogP contribution is -2.46. The third-order valence-corrected chi connectivity index (χ3v) is 5.63. The molecular weight excluding hydrogens is 344 g/mol. The maximum absolute atomic E-state index is 12.9. The molecule has 0 saturated carbocycles. The van der Waals surface area contributed by atoms with Crippen molar-refractivity contribution in [3.63, 3.8) is 0 Å². The van der Waals surface area contributed by atoms with E-state index in [4.69, 9.17) is 4.74 Å². The van der Waals surface area contributed by atoms with E-state index >= 15 is 0 Å². The number of carbonyl (C=O) groups is 1. The largest absolute Gasteiger partial charge is 0.490 e. The van der Waals surface area contributed by atoms with E-state index in [-0.39, 0.29) is 23.6 Å². The zero-order valence-electron chi connectivity index (χ0n) is 15.9. The van der Waals surface area contributed by atoms with Crippen molar-refractivity contribution in [1.29, 1.82) is 0 Å². The minimum absolute atomic E-state index is 0.131. The number of benzene rings is 1. The number of aromatic nitrogens is 3. The fourth-order valence-electron chi connectivity index (χ4n) is 4.00. The molecule has 0 radical (unpaired) electrons. The molecule has 7 nitrogen and oxygen atoms in total. The molecule has 2 aliphatic rings. The summed E-state index contributed by atoms with van der Waals surface area (Å²) < 4.78 is 9.06. The second kappa shape index (κ2) is 7.21. The first-order chi connectivity index (χ1) is 13.0. The molecule has 1 aromatic heterocycles. The first-order valence-corrected chi connectivity index (χ1v) is 9.66. The van der Waals surface area contributed by atoms with Gasteiger partial charge in [0.2, 0.25) is 5.91 Å². The van der Waals surface area contributed by atoms with Crippen LogP contribution in [-0.2, 0) is 24.8 Å². The lowest BCUT2D eigenvalue weighted by atomic mass is 9.96. The van der Waals surface area contributed by atoms with Crippen molar-refractivity contribution in [2.75, 3.05) is 13.1 Å². The molecule has 27 heavy (non-hydrogen) atoms. The summed E-state index contributed by atoms with van der Waals surface area (Å²) in [4.78, 5) is 27.0. The minimum atomic E-state index is -0.132. The number of amides is 1. The number of rotatable bonds is 3. The summed E-state index contributed by atoms with van der Waals surface area (Å²) in [6.45, 7) is 3.92. The summed E-state index contributed by atoms with van der Waals surface area (Å²) >= 11 is 0. The Morgan fingerprint density at radius 2 is 1.85 bits per heavy atom. The molecule has 0 N–H and O–H groups in total. The van der Waals surface area contributed by atoms with Crippen LogP contribution in [-0.4, -0.2) is 44.3 Å². The standard InChI is InChI=1S/C20H26N4O3/c1-14-3-6-16(7-4-14)27-17-9-11-23(12-10-17)19(25)15-5-8-18-21-22(2)20(26)24(18)13-15/h3-4,6-7,15,17H,5,8-13H2,1-2H3. The van der Waals surface area contributed by atoms with Crippen LogP contribution in [0.25, 0.3) is 0 Å². The highest BCUT2D eigenvalue weighted by Gasteiger charge is 2.32. The summed E-state index contributed by atoms with van der Waals surface area (Å²) in [6, 6.07) is 8.09. The molecule has 1 unspecified atom stereocenters. The Hall–Kier alpha value is -2.57. The Balaban J connectivity index is 1.33. The van der Waals surface area contributed by atoms with Crippen LogP contribution in [0.3, 0.4) is 0 Å². The lowest BCUT2D eigenvalue weighted by molar-refractivity contribution is -0.138. The molecule has 1 atom stereocenters. The van der Waals surface area contributed by atoms with E-state index in [1.165, 1.54) is 10.2 Å². The molecule has 0 aliphatic carbocycles. The number of carbonyl (C=O) groups excluding carboxylic acids is 1. The number of nitrogens with zero attached hydrogens (tertiary/aromatic N) is 4. The third kappa shape index (κ3) is 3.63. The Morgan fingerprint density at radius 1 is 1.15 bits per heavy atom. The summed E-state index contributed by atoms with van der Waals surface area (Å²) in [5.74, 6) is 1.71. The average molecular weight is 370 g/mol. The van der Waals surface area contributed by atoms with Gasteiger partial charge in [-0.25, -0.2) is 9.48 Å². The van der Waals surface area contributed by atoms with E-state index in [9.17, 15) is 9.59 Å². The van der Waals surface area contributed by atoms with Gasteiger partial charge >= 0.3 is 5.69 Å². The molecule has 0 bridgehead atoms. The minimum Gasteiger partial charge on any atom is -0.490 e. The number of hydrogen-bond donors (Lipinski definition) is 0. The van der Waals surface area contributed by atoms with Gasteiger partial charge in [0.1, 0.15) is 17.7 Å². The van der Waals surface area contributed by atoms with Gasteiger partial charge in [-0.2, -0.15) is 5.10 Å². The zero-order valence-corrected chi connectivity index (χ0v) is 15.9. The Kier molecular flexibility index (Phi) is 4.76. The second-order valence-corrected chi connectivity index (χ2v) is 7.62. The van der Waals surface area contributed by atoms with Crippen molar-refractivity contribution < 1.29 is 9.53 Å². The van der Waals surface area contributed by atoms with Gasteiger partial charge in [0.25, 0.3) is 0 Å². The summed E-state index contributed by atoms with van der Waals surface area (Å²) in [6.07, 6.45) is 3.26. The molecule has 1 saturated heterocycles. The normalized spacial score (nSPS) is 20.4. The van der Waals surface area contributed by atoms with Crippen LogP contribution < -0.4 is 10.4 Å². The summed E-state index contributed by atoms with van der Waals surface area (Å²) in [5, 5.41) is 4.24. The number of fused-ring (bicyclic) bond motifs is 1. The van der Waals surface area contributed by atoms with E-state index in [0.29, 0.717) is 26.1 Å². The van der Waals surface area contributed by atoms with E-state index in [1.54, 1.807) is 11.6 Å². The fourth-order valence-corrected chi connectivity index (χ4v) is 4.00. The average Bonchev–Trinajstić information content (AvgIpc) is 2.97. The second-order valence-electron chi connectivity index (χ2n) is 7.62. The van der Waals surface area contributed by atoms with Gasteiger partial charge in [-0.15, -0.1) is 0 Å². The molecule has 2 aromatic rings. The Morgan fingerprint density at radius 3 is 2.56 bits per heavy atom. The molecule has 1 amide bonds. The number of aryl methyl sites for hydroxylation is 3. The number of ether oxygens (including phenoxy) is 1. The lowest BCUT2D eigenvalue weighted by Gasteiger charge is -2.35.